The van der Waals surface area contributed by atoms with Gasteiger partial charge in [-0.25, -0.2) is 12.8 Å². The van der Waals surface area contributed by atoms with Crippen LogP contribution < -0.4 is 5.73 Å². The minimum atomic E-state index is -3.78. The lowest BCUT2D eigenvalue weighted by Gasteiger charge is -2.40. The molecule has 0 aromatic heterocycles. The van der Waals surface area contributed by atoms with Crippen molar-refractivity contribution in [3.05, 3.63) is 105 Å². The summed E-state index contributed by atoms with van der Waals surface area (Å²) in [4.78, 5) is 27.7. The first kappa shape index (κ1) is 29.3. The van der Waals surface area contributed by atoms with Crippen molar-refractivity contribution in [3.63, 3.8) is 0 Å². The summed E-state index contributed by atoms with van der Waals surface area (Å²) in [5.41, 5.74) is 4.34. The van der Waals surface area contributed by atoms with Gasteiger partial charge in [0.15, 0.2) is 15.6 Å². The topological polar surface area (TPSA) is 107 Å². The van der Waals surface area contributed by atoms with Crippen LogP contribution in [0, 0.1) is 11.2 Å². The lowest BCUT2D eigenvalue weighted by molar-refractivity contribution is -0.142. The summed E-state index contributed by atoms with van der Waals surface area (Å²) in [6.45, 7) is 5.09. The normalized spacial score (nSPS) is 19.2. The summed E-state index contributed by atoms with van der Waals surface area (Å²) < 4.78 is 48.2. The number of hydrogen-bond acceptors (Lipinski definition) is 5. The zero-order chi connectivity index (χ0) is 29.9. The molecule has 0 saturated heterocycles. The number of allylic oxidation sites excluding steroid dienone is 1. The van der Waals surface area contributed by atoms with Crippen molar-refractivity contribution in [3.8, 4) is 0 Å². The number of nitrogens with zero attached hydrogens (tertiary/aromatic N) is 1. The van der Waals surface area contributed by atoms with Crippen molar-refractivity contribution in [1.82, 2.24) is 4.90 Å². The Hall–Kier alpha value is -3.24. The molecular formula is C30H27Cl2FN2O5S. The predicted molar refractivity (Wildman–Crippen MR) is 155 cm³/mol. The van der Waals surface area contributed by atoms with Gasteiger partial charge in [0.05, 0.1) is 34.6 Å². The van der Waals surface area contributed by atoms with E-state index in [-0.39, 0.29) is 39.8 Å². The van der Waals surface area contributed by atoms with Crippen molar-refractivity contribution < 1.29 is 27.1 Å². The van der Waals surface area contributed by atoms with Gasteiger partial charge in [-0.15, -0.1) is 0 Å². The lowest BCUT2D eigenvalue weighted by Crippen LogP contribution is -2.48. The highest BCUT2D eigenvalue weighted by atomic mass is 35.5. The first-order chi connectivity index (χ1) is 19.2. The summed E-state index contributed by atoms with van der Waals surface area (Å²) in [7, 11) is -3.78. The minimum Gasteiger partial charge on any atom is -0.369 e. The van der Waals surface area contributed by atoms with E-state index in [1.807, 2.05) is 0 Å². The molecule has 41 heavy (non-hydrogen) atoms. The number of amides is 2. The van der Waals surface area contributed by atoms with E-state index in [1.165, 1.54) is 35.2 Å². The standard InChI is InChI=1S/C30H27Cl2FN2O5S/c1-17(2)19-12-23-26(24(33)13-19)30(20-5-8-21(31)9-6-20,40-16-29(10-11-29)28(34)37)35(27(23)36)15-18-4-7-22(32)14-25(18)41(3,38)39/h4-9,12-14H,1,10-11,15-16H2,2-3H3,(H2,34,37). The monoisotopic (exact) mass is 616 g/mol. The molecule has 5 rings (SSSR count). The second-order valence-corrected chi connectivity index (χ2v) is 13.5. The largest absolute Gasteiger partial charge is 0.369 e. The molecule has 3 aromatic rings. The molecule has 1 aliphatic carbocycles. The Kier molecular flexibility index (Phi) is 7.31. The lowest BCUT2D eigenvalue weighted by atomic mass is 9.90. The number of ether oxygens (including phenoxy) is 1. The second-order valence-electron chi connectivity index (χ2n) is 10.7. The Labute approximate surface area is 247 Å². The predicted octanol–water partition coefficient (Wildman–Crippen LogP) is 5.71. The fourth-order valence-corrected chi connectivity index (χ4v) is 6.52. The van der Waals surface area contributed by atoms with E-state index >= 15 is 4.39 Å². The number of sulfone groups is 1. The maximum atomic E-state index is 16.2. The zero-order valence-electron chi connectivity index (χ0n) is 22.3. The summed E-state index contributed by atoms with van der Waals surface area (Å²) in [5.74, 6) is -1.89. The van der Waals surface area contributed by atoms with Crippen LogP contribution in [0.25, 0.3) is 5.57 Å². The van der Waals surface area contributed by atoms with E-state index in [1.54, 1.807) is 31.2 Å². The molecule has 11 heteroatoms. The van der Waals surface area contributed by atoms with Gasteiger partial charge >= 0.3 is 0 Å². The molecule has 2 amide bonds. The molecule has 7 nitrogen and oxygen atoms in total. The maximum absolute atomic E-state index is 16.2. The molecule has 1 aliphatic heterocycles. The first-order valence-corrected chi connectivity index (χ1v) is 15.3. The molecule has 2 aliphatic rings. The quantitative estimate of drug-likeness (QED) is 0.331. The van der Waals surface area contributed by atoms with Crippen molar-refractivity contribution >= 4 is 50.4 Å². The highest BCUT2D eigenvalue weighted by molar-refractivity contribution is 7.90. The molecule has 1 atom stereocenters. The minimum absolute atomic E-state index is 0.0248. The number of carbonyl (C=O) groups excluding carboxylic acids is 2. The van der Waals surface area contributed by atoms with Gasteiger partial charge in [-0.3, -0.25) is 14.5 Å². The van der Waals surface area contributed by atoms with Gasteiger partial charge in [0.25, 0.3) is 5.91 Å². The smallest absolute Gasteiger partial charge is 0.257 e. The molecule has 1 saturated carbocycles. The third kappa shape index (κ3) is 5.05. The van der Waals surface area contributed by atoms with Crippen LogP contribution in [0.4, 0.5) is 4.39 Å². The number of primary amides is 1. The molecule has 0 bridgehead atoms. The number of carbonyl (C=O) groups is 2. The Morgan fingerprint density at radius 2 is 1.73 bits per heavy atom. The van der Waals surface area contributed by atoms with Gasteiger partial charge in [-0.1, -0.05) is 53.6 Å². The van der Waals surface area contributed by atoms with Gasteiger partial charge in [0.2, 0.25) is 5.91 Å². The molecule has 3 aromatic carbocycles. The van der Waals surface area contributed by atoms with Crippen molar-refractivity contribution in [1.29, 1.82) is 0 Å². The number of hydrogen-bond donors (Lipinski definition) is 1. The highest BCUT2D eigenvalue weighted by Crippen LogP contribution is 2.52. The molecule has 1 unspecified atom stereocenters. The van der Waals surface area contributed by atoms with Gasteiger partial charge in [0, 0.05) is 21.9 Å². The Morgan fingerprint density at radius 3 is 2.29 bits per heavy atom. The average Bonchev–Trinajstić information content (AvgIpc) is 3.66. The van der Waals surface area contributed by atoms with Crippen LogP contribution in [0.3, 0.4) is 0 Å². The second kappa shape index (κ2) is 10.2. The van der Waals surface area contributed by atoms with Crippen molar-refractivity contribution in [2.45, 2.75) is 36.9 Å². The number of benzene rings is 3. The number of halogens is 3. The fraction of sp³-hybridized carbons (Fsp3) is 0.267. The van der Waals surface area contributed by atoms with E-state index in [4.69, 9.17) is 33.7 Å². The first-order valence-electron chi connectivity index (χ1n) is 12.7. The van der Waals surface area contributed by atoms with E-state index in [2.05, 4.69) is 6.58 Å². The Balaban J connectivity index is 1.79. The van der Waals surface area contributed by atoms with Gasteiger partial charge < -0.3 is 10.5 Å². The third-order valence-electron chi connectivity index (χ3n) is 7.70. The maximum Gasteiger partial charge on any atom is 0.257 e. The molecule has 1 heterocycles. The summed E-state index contributed by atoms with van der Waals surface area (Å²) in [6, 6.07) is 13.5. The van der Waals surface area contributed by atoms with Crippen LogP contribution in [-0.2, 0) is 31.6 Å². The summed E-state index contributed by atoms with van der Waals surface area (Å²) in [5, 5.41) is 0.589. The number of nitrogens with two attached hydrogens (primary N) is 1. The Morgan fingerprint density at radius 1 is 1.10 bits per heavy atom. The van der Waals surface area contributed by atoms with E-state index in [0.29, 0.717) is 34.6 Å². The van der Waals surface area contributed by atoms with E-state index in [0.717, 1.165) is 6.26 Å². The van der Waals surface area contributed by atoms with Crippen LogP contribution >= 0.6 is 23.2 Å². The van der Waals surface area contributed by atoms with Crippen molar-refractivity contribution in [2.75, 3.05) is 12.9 Å². The van der Waals surface area contributed by atoms with E-state index in [9.17, 15) is 18.0 Å². The molecule has 0 radical (unpaired) electrons. The van der Waals surface area contributed by atoms with Gasteiger partial charge in [0.1, 0.15) is 5.82 Å². The highest BCUT2D eigenvalue weighted by Gasteiger charge is 2.57. The van der Waals surface area contributed by atoms with Crippen LogP contribution in [0.2, 0.25) is 10.0 Å². The van der Waals surface area contributed by atoms with E-state index < -0.39 is 38.6 Å². The van der Waals surface area contributed by atoms with Crippen molar-refractivity contribution in [2.24, 2.45) is 11.1 Å². The average molecular weight is 618 g/mol. The SMILES string of the molecule is C=C(C)c1cc(F)c2c(c1)C(=O)N(Cc1ccc(Cl)cc1S(C)(=O)=O)C2(OCC1(C(N)=O)CC1)c1ccc(Cl)cc1. The third-order valence-corrected chi connectivity index (χ3v) is 9.37. The molecule has 0 spiro atoms. The molecule has 2 N–H and O–H groups in total. The van der Waals surface area contributed by atoms with Crippen LogP contribution in [-0.4, -0.2) is 38.0 Å². The Bertz CT molecular complexity index is 1720. The number of rotatable bonds is 9. The fourth-order valence-electron chi connectivity index (χ4n) is 5.21. The van der Waals surface area contributed by atoms with Gasteiger partial charge in [-0.2, -0.15) is 0 Å². The summed E-state index contributed by atoms with van der Waals surface area (Å²) >= 11 is 12.3. The number of fused-ring (bicyclic) bond motifs is 1. The van der Waals surface area contributed by atoms with Crippen LogP contribution in [0.5, 0.6) is 0 Å². The van der Waals surface area contributed by atoms with Gasteiger partial charge in [-0.05, 0) is 67.3 Å². The molecular weight excluding hydrogens is 590 g/mol. The van der Waals surface area contributed by atoms with Crippen LogP contribution in [0.15, 0.2) is 66.1 Å². The molecule has 214 valence electrons. The zero-order valence-corrected chi connectivity index (χ0v) is 24.7. The summed E-state index contributed by atoms with van der Waals surface area (Å²) in [6.07, 6.45) is 1.99. The molecule has 1 fully saturated rings. The van der Waals surface area contributed by atoms with Crippen LogP contribution in [0.1, 0.15) is 52.4 Å².